The highest BCUT2D eigenvalue weighted by molar-refractivity contribution is 6.04. The van der Waals surface area contributed by atoms with E-state index in [2.05, 4.69) is 10.6 Å². The molecule has 0 spiro atoms. The molecule has 2 rings (SSSR count). The van der Waals surface area contributed by atoms with Gasteiger partial charge in [-0.3, -0.25) is 14.4 Å². The van der Waals surface area contributed by atoms with Crippen LogP contribution in [0.4, 0.5) is 5.69 Å². The fourth-order valence-corrected chi connectivity index (χ4v) is 2.67. The summed E-state index contributed by atoms with van der Waals surface area (Å²) in [6.07, 6.45) is 1.19. The first-order valence-electron chi connectivity index (χ1n) is 8.57. The third-order valence-corrected chi connectivity index (χ3v) is 3.94. The van der Waals surface area contributed by atoms with Crippen LogP contribution in [0.25, 0.3) is 0 Å². The van der Waals surface area contributed by atoms with E-state index < -0.39 is 24.5 Å². The Morgan fingerprint density at radius 2 is 2.00 bits per heavy atom. The maximum absolute atomic E-state index is 12.3. The van der Waals surface area contributed by atoms with Gasteiger partial charge < -0.3 is 20.3 Å². The fourth-order valence-electron chi connectivity index (χ4n) is 2.67. The molecule has 1 aliphatic heterocycles. The molecular formula is C18H23N3O5. The summed E-state index contributed by atoms with van der Waals surface area (Å²) in [6, 6.07) is 5.90. The lowest BCUT2D eigenvalue weighted by atomic mass is 10.1. The van der Waals surface area contributed by atoms with E-state index in [1.165, 1.54) is 0 Å². The van der Waals surface area contributed by atoms with Crippen LogP contribution in [-0.2, 0) is 19.1 Å². The lowest BCUT2D eigenvalue weighted by Gasteiger charge is -2.19. The molecule has 1 saturated heterocycles. The summed E-state index contributed by atoms with van der Waals surface area (Å²) in [4.78, 5) is 49.3. The van der Waals surface area contributed by atoms with Gasteiger partial charge >= 0.3 is 5.97 Å². The maximum atomic E-state index is 12.3. The highest BCUT2D eigenvalue weighted by Crippen LogP contribution is 2.25. The van der Waals surface area contributed by atoms with Crippen LogP contribution < -0.4 is 15.5 Å². The lowest BCUT2D eigenvalue weighted by molar-refractivity contribution is -0.130. The van der Waals surface area contributed by atoms with Gasteiger partial charge in [0.15, 0.2) is 6.61 Å². The molecule has 2 N–H and O–H groups in total. The number of likely N-dealkylation sites (N-methyl/N-ethyl adjacent to an activating group) is 1. The first-order valence-corrected chi connectivity index (χ1v) is 8.57. The van der Waals surface area contributed by atoms with Crippen molar-refractivity contribution in [3.63, 3.8) is 0 Å². The van der Waals surface area contributed by atoms with E-state index in [4.69, 9.17) is 4.74 Å². The molecule has 0 unspecified atom stereocenters. The Morgan fingerprint density at radius 3 is 2.65 bits per heavy atom. The number of carbonyl (C=O) groups excluding carboxylic acids is 4. The molecule has 8 nitrogen and oxygen atoms in total. The molecule has 1 fully saturated rings. The Balaban J connectivity index is 1.95. The van der Waals surface area contributed by atoms with Crippen LogP contribution in [0.1, 0.15) is 37.0 Å². The second-order valence-electron chi connectivity index (χ2n) is 5.93. The molecule has 1 heterocycles. The van der Waals surface area contributed by atoms with Gasteiger partial charge in [0.05, 0.1) is 11.3 Å². The maximum Gasteiger partial charge on any atom is 0.340 e. The van der Waals surface area contributed by atoms with Gasteiger partial charge in [-0.1, -0.05) is 12.1 Å². The van der Waals surface area contributed by atoms with Gasteiger partial charge in [-0.05, 0) is 32.4 Å². The number of nitrogens with zero attached hydrogens (tertiary/aromatic N) is 1. The first-order chi connectivity index (χ1) is 12.4. The SMILES string of the molecule is CCNC(=O)[C@@H](C)NC(=O)COC(=O)c1ccccc1N1CCCC1=O. The second kappa shape index (κ2) is 8.98. The molecule has 0 radical (unpaired) electrons. The second-order valence-corrected chi connectivity index (χ2v) is 5.93. The Labute approximate surface area is 151 Å². The van der Waals surface area contributed by atoms with Crippen molar-refractivity contribution >= 4 is 29.4 Å². The van der Waals surface area contributed by atoms with Crippen molar-refractivity contribution in [3.8, 4) is 0 Å². The summed E-state index contributed by atoms with van der Waals surface area (Å²) in [5.41, 5.74) is 0.712. The van der Waals surface area contributed by atoms with E-state index in [1.807, 2.05) is 0 Å². The minimum absolute atomic E-state index is 0.0428. The number of hydrogen-bond donors (Lipinski definition) is 2. The molecule has 1 aromatic carbocycles. The number of amides is 3. The summed E-state index contributed by atoms with van der Waals surface area (Å²) in [6.45, 7) is 3.81. The monoisotopic (exact) mass is 361 g/mol. The van der Waals surface area contributed by atoms with Gasteiger partial charge in [0.2, 0.25) is 11.8 Å². The zero-order valence-electron chi connectivity index (χ0n) is 14.9. The predicted octanol–water partition coefficient (Wildman–Crippen LogP) is 0.611. The van der Waals surface area contributed by atoms with Crippen molar-refractivity contribution in [2.45, 2.75) is 32.7 Å². The molecule has 0 saturated carbocycles. The fraction of sp³-hybridized carbons (Fsp3) is 0.444. The molecule has 0 bridgehead atoms. The van der Waals surface area contributed by atoms with Crippen LogP contribution in [-0.4, -0.2) is 49.4 Å². The quantitative estimate of drug-likeness (QED) is 0.693. The zero-order valence-corrected chi connectivity index (χ0v) is 14.9. The van der Waals surface area contributed by atoms with Crippen LogP contribution >= 0.6 is 0 Å². The molecule has 1 atom stereocenters. The third-order valence-electron chi connectivity index (χ3n) is 3.94. The number of rotatable bonds is 7. The van der Waals surface area contributed by atoms with Crippen LogP contribution in [0.3, 0.4) is 0 Å². The number of nitrogens with one attached hydrogen (secondary N) is 2. The minimum Gasteiger partial charge on any atom is -0.452 e. The van der Waals surface area contributed by atoms with Crippen LogP contribution in [0.15, 0.2) is 24.3 Å². The van der Waals surface area contributed by atoms with Gasteiger partial charge in [-0.25, -0.2) is 4.79 Å². The van der Waals surface area contributed by atoms with Gasteiger partial charge in [-0.15, -0.1) is 0 Å². The number of anilines is 1. The van der Waals surface area contributed by atoms with Crippen molar-refractivity contribution in [1.29, 1.82) is 0 Å². The van der Waals surface area contributed by atoms with Crippen molar-refractivity contribution in [3.05, 3.63) is 29.8 Å². The van der Waals surface area contributed by atoms with E-state index in [-0.39, 0.29) is 17.4 Å². The van der Waals surface area contributed by atoms with E-state index in [0.717, 1.165) is 6.42 Å². The predicted molar refractivity (Wildman–Crippen MR) is 94.6 cm³/mol. The third kappa shape index (κ3) is 4.81. The zero-order chi connectivity index (χ0) is 19.1. The van der Waals surface area contributed by atoms with Crippen LogP contribution in [0, 0.1) is 0 Å². The van der Waals surface area contributed by atoms with Gasteiger partial charge in [0.25, 0.3) is 5.91 Å². The topological polar surface area (TPSA) is 105 Å². The van der Waals surface area contributed by atoms with E-state index in [1.54, 1.807) is 43.0 Å². The smallest absolute Gasteiger partial charge is 0.340 e. The summed E-state index contributed by atoms with van der Waals surface area (Å²) in [5, 5.41) is 5.04. The number of para-hydroxylation sites is 1. The first kappa shape index (κ1) is 19.4. The number of benzene rings is 1. The van der Waals surface area contributed by atoms with Gasteiger partial charge in [-0.2, -0.15) is 0 Å². The van der Waals surface area contributed by atoms with Crippen molar-refractivity contribution in [2.75, 3.05) is 24.6 Å². The largest absolute Gasteiger partial charge is 0.452 e. The molecule has 26 heavy (non-hydrogen) atoms. The minimum atomic E-state index is -0.726. The number of hydrogen-bond acceptors (Lipinski definition) is 5. The van der Waals surface area contributed by atoms with Crippen molar-refractivity contribution in [2.24, 2.45) is 0 Å². The van der Waals surface area contributed by atoms with Crippen molar-refractivity contribution in [1.82, 2.24) is 10.6 Å². The highest BCUT2D eigenvalue weighted by Gasteiger charge is 2.26. The van der Waals surface area contributed by atoms with Crippen LogP contribution in [0.5, 0.6) is 0 Å². The molecule has 3 amide bonds. The van der Waals surface area contributed by atoms with Gasteiger partial charge in [0, 0.05) is 19.5 Å². The standard InChI is InChI=1S/C18H23N3O5/c1-3-19-17(24)12(2)20-15(22)11-26-18(25)13-7-4-5-8-14(13)21-10-6-9-16(21)23/h4-5,7-8,12H,3,6,9-11H2,1-2H3,(H,19,24)(H,20,22)/t12-/m1/s1. The average Bonchev–Trinajstić information content (AvgIpc) is 3.05. The number of carbonyl (C=O) groups is 4. The lowest BCUT2D eigenvalue weighted by Crippen LogP contribution is -2.46. The summed E-state index contributed by atoms with van der Waals surface area (Å²) < 4.78 is 5.05. The van der Waals surface area contributed by atoms with Gasteiger partial charge in [0.1, 0.15) is 6.04 Å². The molecule has 1 aliphatic rings. The average molecular weight is 361 g/mol. The number of ether oxygens (including phenoxy) is 1. The van der Waals surface area contributed by atoms with E-state index >= 15 is 0 Å². The van der Waals surface area contributed by atoms with Crippen LogP contribution in [0.2, 0.25) is 0 Å². The van der Waals surface area contributed by atoms with E-state index in [9.17, 15) is 19.2 Å². The molecule has 8 heteroatoms. The summed E-state index contributed by atoms with van der Waals surface area (Å²) in [5.74, 6) is -1.63. The highest BCUT2D eigenvalue weighted by atomic mass is 16.5. The Morgan fingerprint density at radius 1 is 1.27 bits per heavy atom. The Kier molecular flexibility index (Phi) is 6.71. The normalized spacial score (nSPS) is 14.7. The summed E-state index contributed by atoms with van der Waals surface area (Å²) >= 11 is 0. The number of esters is 1. The molecule has 0 aromatic heterocycles. The molecule has 140 valence electrons. The van der Waals surface area contributed by atoms with Crippen molar-refractivity contribution < 1.29 is 23.9 Å². The molecule has 0 aliphatic carbocycles. The molecular weight excluding hydrogens is 338 g/mol. The Bertz CT molecular complexity index is 704. The Hall–Kier alpha value is -2.90. The molecule has 1 aromatic rings. The summed E-state index contributed by atoms with van der Waals surface area (Å²) in [7, 11) is 0. The van der Waals surface area contributed by atoms with E-state index in [0.29, 0.717) is 25.2 Å².